The molecule has 0 aliphatic rings. The van der Waals surface area contributed by atoms with Crippen LogP contribution < -0.4 is 14.2 Å². The summed E-state index contributed by atoms with van der Waals surface area (Å²) in [6.45, 7) is -3.11. The third-order valence-corrected chi connectivity index (χ3v) is 3.29. The van der Waals surface area contributed by atoms with Crippen molar-refractivity contribution in [2.75, 3.05) is 13.7 Å². The predicted octanol–water partition coefficient (Wildman–Crippen LogP) is 4.10. The van der Waals surface area contributed by atoms with Gasteiger partial charge in [0.2, 0.25) is 0 Å². The minimum absolute atomic E-state index is 0.0874. The highest BCUT2D eigenvalue weighted by Gasteiger charge is 2.14. The number of benzene rings is 2. The molecule has 7 heteroatoms. The minimum Gasteiger partial charge on any atom is -0.493 e. The van der Waals surface area contributed by atoms with E-state index in [1.54, 1.807) is 30.3 Å². The Morgan fingerprint density at radius 1 is 1.23 bits per heavy atom. The van der Waals surface area contributed by atoms with Gasteiger partial charge in [-0.15, -0.1) is 0 Å². The summed E-state index contributed by atoms with van der Waals surface area (Å²) in [6.07, 6.45) is 2.63. The topological polar surface area (TPSA) is 68.5 Å². The normalized spacial score (nSPS) is 10.6. The van der Waals surface area contributed by atoms with Crippen molar-refractivity contribution in [1.29, 1.82) is 5.26 Å². The molecule has 2 aromatic rings. The summed E-state index contributed by atoms with van der Waals surface area (Å²) >= 11 is 0. The Morgan fingerprint density at radius 3 is 2.58 bits per heavy atom. The van der Waals surface area contributed by atoms with Gasteiger partial charge in [-0.05, 0) is 42.5 Å². The molecule has 0 N–H and O–H groups in total. The van der Waals surface area contributed by atoms with Crippen molar-refractivity contribution in [3.05, 3.63) is 59.7 Å². The lowest BCUT2D eigenvalue weighted by atomic mass is 10.1. The molecule has 0 aromatic heterocycles. The Bertz CT molecular complexity index is 826. The standard InChI is InChI=1S/C19H15F2NO4/c1-24-17-4-2-3-14(18(17)26-19(20)21)7-10-16(23)13-5-8-15(9-6-13)25-12-11-22/h2-10,19H,12H2,1H3/b10-7+. The molecule has 0 amide bonds. The quantitative estimate of drug-likeness (QED) is 0.524. The van der Waals surface area contributed by atoms with E-state index in [0.717, 1.165) is 0 Å². The van der Waals surface area contributed by atoms with E-state index in [1.165, 1.54) is 31.4 Å². The van der Waals surface area contributed by atoms with Gasteiger partial charge < -0.3 is 14.2 Å². The number of ether oxygens (including phenoxy) is 3. The zero-order valence-corrected chi connectivity index (χ0v) is 13.8. The second kappa shape index (κ2) is 9.18. The van der Waals surface area contributed by atoms with Gasteiger partial charge in [0.15, 0.2) is 23.9 Å². The Labute approximate surface area is 149 Å². The molecular weight excluding hydrogens is 344 g/mol. The summed E-state index contributed by atoms with van der Waals surface area (Å²) in [4.78, 5) is 12.2. The first kappa shape index (κ1) is 18.9. The maximum absolute atomic E-state index is 12.6. The molecule has 26 heavy (non-hydrogen) atoms. The predicted molar refractivity (Wildman–Crippen MR) is 90.5 cm³/mol. The van der Waals surface area contributed by atoms with E-state index >= 15 is 0 Å². The number of para-hydroxylation sites is 1. The smallest absolute Gasteiger partial charge is 0.387 e. The zero-order valence-electron chi connectivity index (χ0n) is 13.8. The molecule has 0 saturated carbocycles. The minimum atomic E-state index is -3.02. The first-order valence-electron chi connectivity index (χ1n) is 7.49. The van der Waals surface area contributed by atoms with Gasteiger partial charge in [-0.3, -0.25) is 4.79 Å². The van der Waals surface area contributed by atoms with Crippen LogP contribution in [-0.2, 0) is 0 Å². The molecule has 0 bridgehead atoms. The molecule has 0 fully saturated rings. The van der Waals surface area contributed by atoms with E-state index in [2.05, 4.69) is 4.74 Å². The molecule has 2 aromatic carbocycles. The van der Waals surface area contributed by atoms with Gasteiger partial charge in [-0.1, -0.05) is 12.1 Å². The Hall–Kier alpha value is -3.40. The van der Waals surface area contributed by atoms with Gasteiger partial charge in [-0.25, -0.2) is 0 Å². The molecule has 0 aliphatic carbocycles. The van der Waals surface area contributed by atoms with Crippen LogP contribution in [0.1, 0.15) is 15.9 Å². The average molecular weight is 359 g/mol. The summed E-state index contributed by atoms with van der Waals surface area (Å²) in [7, 11) is 1.34. The van der Waals surface area contributed by atoms with E-state index in [9.17, 15) is 13.6 Å². The molecular formula is C19H15F2NO4. The highest BCUT2D eigenvalue weighted by Crippen LogP contribution is 2.33. The average Bonchev–Trinajstić information content (AvgIpc) is 2.65. The lowest BCUT2D eigenvalue weighted by Crippen LogP contribution is -2.05. The molecule has 0 unspecified atom stereocenters. The number of halogens is 2. The molecule has 0 atom stereocenters. The first-order valence-corrected chi connectivity index (χ1v) is 7.49. The van der Waals surface area contributed by atoms with E-state index < -0.39 is 6.61 Å². The van der Waals surface area contributed by atoms with Crippen LogP contribution in [0.5, 0.6) is 17.2 Å². The van der Waals surface area contributed by atoms with Crippen molar-refractivity contribution in [2.24, 2.45) is 0 Å². The van der Waals surface area contributed by atoms with Crippen molar-refractivity contribution >= 4 is 11.9 Å². The maximum Gasteiger partial charge on any atom is 0.387 e. The number of nitrogens with zero attached hydrogens (tertiary/aromatic N) is 1. The third kappa shape index (κ3) is 5.05. The third-order valence-electron chi connectivity index (χ3n) is 3.29. The van der Waals surface area contributed by atoms with Gasteiger partial charge in [0.05, 0.1) is 7.11 Å². The van der Waals surface area contributed by atoms with Gasteiger partial charge in [-0.2, -0.15) is 14.0 Å². The summed E-state index contributed by atoms with van der Waals surface area (Å²) in [5, 5.41) is 8.46. The number of nitriles is 1. The second-order valence-electron chi connectivity index (χ2n) is 4.93. The first-order chi connectivity index (χ1) is 12.5. The Morgan fingerprint density at radius 2 is 1.96 bits per heavy atom. The number of hydrogen-bond donors (Lipinski definition) is 0. The summed E-state index contributed by atoms with van der Waals surface area (Å²) in [5.74, 6) is 0.128. The Kier molecular flexibility index (Phi) is 6.68. The summed E-state index contributed by atoms with van der Waals surface area (Å²) in [5.41, 5.74) is 0.664. The molecule has 134 valence electrons. The van der Waals surface area contributed by atoms with Crippen molar-refractivity contribution in [3.8, 4) is 23.3 Å². The van der Waals surface area contributed by atoms with Crippen LogP contribution in [0.25, 0.3) is 6.08 Å². The molecule has 0 spiro atoms. The van der Waals surface area contributed by atoms with E-state index in [1.807, 2.05) is 6.07 Å². The number of carbonyl (C=O) groups is 1. The van der Waals surface area contributed by atoms with E-state index in [-0.39, 0.29) is 29.5 Å². The number of allylic oxidation sites excluding steroid dienone is 1. The van der Waals surface area contributed by atoms with Crippen LogP contribution in [0.15, 0.2) is 48.5 Å². The molecule has 0 radical (unpaired) electrons. The molecule has 0 heterocycles. The number of methoxy groups -OCH3 is 1. The highest BCUT2D eigenvalue weighted by atomic mass is 19.3. The number of hydrogen-bond acceptors (Lipinski definition) is 5. The molecule has 0 aliphatic heterocycles. The number of ketones is 1. The highest BCUT2D eigenvalue weighted by molar-refractivity contribution is 6.07. The van der Waals surface area contributed by atoms with Gasteiger partial charge >= 0.3 is 6.61 Å². The second-order valence-corrected chi connectivity index (χ2v) is 4.93. The molecule has 2 rings (SSSR count). The van der Waals surface area contributed by atoms with Crippen LogP contribution in [0, 0.1) is 11.3 Å². The van der Waals surface area contributed by atoms with Crippen molar-refractivity contribution in [1.82, 2.24) is 0 Å². The van der Waals surface area contributed by atoms with Crippen molar-refractivity contribution in [3.63, 3.8) is 0 Å². The summed E-state index contributed by atoms with van der Waals surface area (Å²) < 4.78 is 39.8. The zero-order chi connectivity index (χ0) is 18.9. The fraction of sp³-hybridized carbons (Fsp3) is 0.158. The van der Waals surface area contributed by atoms with Crippen LogP contribution in [0.4, 0.5) is 8.78 Å². The number of carbonyl (C=O) groups excluding carboxylic acids is 1. The van der Waals surface area contributed by atoms with Gasteiger partial charge in [0, 0.05) is 11.1 Å². The fourth-order valence-corrected chi connectivity index (χ4v) is 2.13. The SMILES string of the molecule is COc1cccc(/C=C/C(=O)c2ccc(OCC#N)cc2)c1OC(F)F. The van der Waals surface area contributed by atoms with E-state index in [0.29, 0.717) is 11.3 Å². The number of rotatable bonds is 8. The van der Waals surface area contributed by atoms with Crippen molar-refractivity contribution in [2.45, 2.75) is 6.61 Å². The van der Waals surface area contributed by atoms with Crippen molar-refractivity contribution < 1.29 is 27.8 Å². The lowest BCUT2D eigenvalue weighted by molar-refractivity contribution is -0.0513. The van der Waals surface area contributed by atoms with Gasteiger partial charge in [0.1, 0.15) is 11.8 Å². The van der Waals surface area contributed by atoms with Crippen LogP contribution in [0.2, 0.25) is 0 Å². The summed E-state index contributed by atoms with van der Waals surface area (Å²) in [6, 6.07) is 12.7. The molecule has 0 saturated heterocycles. The largest absolute Gasteiger partial charge is 0.493 e. The maximum atomic E-state index is 12.6. The van der Waals surface area contributed by atoms with Gasteiger partial charge in [0.25, 0.3) is 0 Å². The van der Waals surface area contributed by atoms with Crippen LogP contribution in [-0.4, -0.2) is 26.1 Å². The number of alkyl halides is 2. The Balaban J connectivity index is 2.18. The fourth-order valence-electron chi connectivity index (χ4n) is 2.13. The van der Waals surface area contributed by atoms with Crippen LogP contribution in [0.3, 0.4) is 0 Å². The van der Waals surface area contributed by atoms with Crippen LogP contribution >= 0.6 is 0 Å². The van der Waals surface area contributed by atoms with E-state index in [4.69, 9.17) is 14.7 Å². The lowest BCUT2D eigenvalue weighted by Gasteiger charge is -2.12. The monoisotopic (exact) mass is 359 g/mol. The molecule has 5 nitrogen and oxygen atoms in total.